The molecule has 0 aromatic carbocycles. The van der Waals surface area contributed by atoms with Crippen LogP contribution in [0.25, 0.3) is 0 Å². The van der Waals surface area contributed by atoms with Gasteiger partial charge in [0.15, 0.2) is 5.82 Å². The van der Waals surface area contributed by atoms with Gasteiger partial charge in [-0.15, -0.1) is 0 Å². The highest BCUT2D eigenvalue weighted by atomic mass is 16.6. The van der Waals surface area contributed by atoms with Gasteiger partial charge in [-0.05, 0) is 6.92 Å². The first-order valence-electron chi connectivity index (χ1n) is 7.55. The Morgan fingerprint density at radius 3 is 2.50 bits per heavy atom. The molecule has 1 aliphatic rings. The lowest BCUT2D eigenvalue weighted by molar-refractivity contribution is -0.384. The molecular formula is C14H19N7O3. The van der Waals surface area contributed by atoms with Crippen LogP contribution in [0.4, 0.5) is 17.3 Å². The van der Waals surface area contributed by atoms with Gasteiger partial charge in [0.25, 0.3) is 0 Å². The van der Waals surface area contributed by atoms with Gasteiger partial charge in [0, 0.05) is 33.2 Å². The quantitative estimate of drug-likeness (QED) is 0.597. The predicted molar refractivity (Wildman–Crippen MR) is 87.6 cm³/mol. The first-order valence-corrected chi connectivity index (χ1v) is 7.55. The third-order valence-corrected chi connectivity index (χ3v) is 4.06. The average Bonchev–Trinajstić information content (AvgIpc) is 2.89. The normalized spacial score (nSPS) is 14.8. The molecule has 0 saturated carbocycles. The van der Waals surface area contributed by atoms with E-state index < -0.39 is 0 Å². The van der Waals surface area contributed by atoms with Crippen molar-refractivity contribution in [1.29, 1.82) is 0 Å². The van der Waals surface area contributed by atoms with Crippen LogP contribution in [-0.4, -0.2) is 58.0 Å². The van der Waals surface area contributed by atoms with Gasteiger partial charge in [-0.1, -0.05) is 0 Å². The summed E-state index contributed by atoms with van der Waals surface area (Å²) >= 11 is 0. The van der Waals surface area contributed by atoms with E-state index in [0.29, 0.717) is 43.6 Å². The number of hydrogen-bond acceptors (Lipinski definition) is 8. The van der Waals surface area contributed by atoms with Crippen LogP contribution in [0.5, 0.6) is 5.88 Å². The van der Waals surface area contributed by atoms with Crippen LogP contribution in [0.15, 0.2) is 12.4 Å². The molecule has 128 valence electrons. The van der Waals surface area contributed by atoms with Gasteiger partial charge in [-0.2, -0.15) is 10.1 Å². The summed E-state index contributed by atoms with van der Waals surface area (Å²) in [6.07, 6.45) is 3.25. The predicted octanol–water partition coefficient (Wildman–Crippen LogP) is 0.762. The second-order valence-corrected chi connectivity index (χ2v) is 5.53. The average molecular weight is 333 g/mol. The van der Waals surface area contributed by atoms with Crippen LogP contribution in [0, 0.1) is 17.0 Å². The Hall–Kier alpha value is -2.91. The largest absolute Gasteiger partial charge is 0.480 e. The van der Waals surface area contributed by atoms with Crippen LogP contribution in [0.1, 0.15) is 5.69 Å². The van der Waals surface area contributed by atoms with Crippen molar-refractivity contribution in [3.8, 4) is 5.88 Å². The Morgan fingerprint density at radius 2 is 1.88 bits per heavy atom. The molecule has 0 spiro atoms. The second-order valence-electron chi connectivity index (χ2n) is 5.53. The lowest BCUT2D eigenvalue weighted by Gasteiger charge is -2.35. The summed E-state index contributed by atoms with van der Waals surface area (Å²) in [4.78, 5) is 23.5. The van der Waals surface area contributed by atoms with Crippen LogP contribution in [0.3, 0.4) is 0 Å². The second kappa shape index (κ2) is 6.30. The van der Waals surface area contributed by atoms with Crippen molar-refractivity contribution in [3.63, 3.8) is 0 Å². The molecule has 3 heterocycles. The zero-order chi connectivity index (χ0) is 17.3. The molecule has 0 unspecified atom stereocenters. The summed E-state index contributed by atoms with van der Waals surface area (Å²) in [6.45, 7) is 4.30. The summed E-state index contributed by atoms with van der Waals surface area (Å²) in [6, 6.07) is 0. The van der Waals surface area contributed by atoms with E-state index >= 15 is 0 Å². The van der Waals surface area contributed by atoms with E-state index in [1.165, 1.54) is 0 Å². The maximum Gasteiger partial charge on any atom is 0.333 e. The molecule has 2 aromatic rings. The third-order valence-electron chi connectivity index (χ3n) is 4.06. The summed E-state index contributed by atoms with van der Waals surface area (Å²) in [5.74, 6) is 1.76. The van der Waals surface area contributed by atoms with Crippen LogP contribution < -0.4 is 14.5 Å². The Kier molecular flexibility index (Phi) is 4.19. The maximum absolute atomic E-state index is 11.3. The number of methoxy groups -OCH3 is 1. The SMILES string of the molecule is COc1cncc(N2CCN(c3c([N+](=O)[O-])c(C)nn3C)CC2)n1. The highest BCUT2D eigenvalue weighted by Gasteiger charge is 2.30. The molecule has 0 bridgehead atoms. The number of aromatic nitrogens is 4. The van der Waals surface area contributed by atoms with Crippen LogP contribution in [-0.2, 0) is 7.05 Å². The summed E-state index contributed by atoms with van der Waals surface area (Å²) in [7, 11) is 3.28. The van der Waals surface area contributed by atoms with Gasteiger partial charge >= 0.3 is 5.69 Å². The van der Waals surface area contributed by atoms with Crippen molar-refractivity contribution < 1.29 is 9.66 Å². The maximum atomic E-state index is 11.3. The topological polar surface area (TPSA) is 102 Å². The molecule has 0 N–H and O–H groups in total. The minimum atomic E-state index is -0.364. The number of nitrogens with zero attached hydrogens (tertiary/aromatic N) is 7. The lowest BCUT2D eigenvalue weighted by atomic mass is 10.3. The van der Waals surface area contributed by atoms with Gasteiger partial charge in [0.1, 0.15) is 5.69 Å². The van der Waals surface area contributed by atoms with E-state index in [1.54, 1.807) is 38.2 Å². The monoisotopic (exact) mass is 333 g/mol. The number of rotatable bonds is 4. The number of piperazine rings is 1. The van der Waals surface area contributed by atoms with E-state index in [1.807, 2.05) is 4.90 Å². The molecule has 0 aliphatic carbocycles. The number of ether oxygens (including phenoxy) is 1. The molecule has 24 heavy (non-hydrogen) atoms. The molecule has 2 aromatic heterocycles. The zero-order valence-corrected chi connectivity index (χ0v) is 13.8. The first-order chi connectivity index (χ1) is 11.5. The van der Waals surface area contributed by atoms with Gasteiger partial charge in [-0.3, -0.25) is 15.1 Å². The van der Waals surface area contributed by atoms with E-state index in [4.69, 9.17) is 4.74 Å². The minimum Gasteiger partial charge on any atom is -0.480 e. The standard InChI is InChI=1S/C14H19N7O3/c1-10-13(21(22)23)14(18(2)17-10)20-6-4-19(5-7-20)11-8-15-9-12(16-11)24-3/h8-9H,4-7H2,1-3H3. The highest BCUT2D eigenvalue weighted by molar-refractivity contribution is 5.62. The molecule has 0 radical (unpaired) electrons. The van der Waals surface area contributed by atoms with Gasteiger partial charge in [-0.25, -0.2) is 4.68 Å². The Bertz CT molecular complexity index is 753. The molecule has 0 atom stereocenters. The smallest absolute Gasteiger partial charge is 0.333 e. The van der Waals surface area contributed by atoms with Crippen molar-refractivity contribution in [2.24, 2.45) is 7.05 Å². The van der Waals surface area contributed by atoms with Crippen LogP contribution >= 0.6 is 0 Å². The first kappa shape index (κ1) is 16.0. The van der Waals surface area contributed by atoms with Crippen LogP contribution in [0.2, 0.25) is 0 Å². The third kappa shape index (κ3) is 2.82. The van der Waals surface area contributed by atoms with E-state index in [9.17, 15) is 10.1 Å². The van der Waals surface area contributed by atoms with Crippen molar-refractivity contribution in [2.75, 3.05) is 43.1 Å². The van der Waals surface area contributed by atoms with Crippen molar-refractivity contribution in [1.82, 2.24) is 19.7 Å². The fourth-order valence-corrected chi connectivity index (χ4v) is 2.94. The molecule has 3 rings (SSSR count). The number of nitro groups is 1. The molecule has 1 aliphatic heterocycles. The number of anilines is 2. The van der Waals surface area contributed by atoms with E-state index in [-0.39, 0.29) is 10.6 Å². The molecule has 1 fully saturated rings. The zero-order valence-electron chi connectivity index (χ0n) is 13.8. The van der Waals surface area contributed by atoms with Crippen molar-refractivity contribution >= 4 is 17.3 Å². The van der Waals surface area contributed by atoms with Crippen molar-refractivity contribution in [2.45, 2.75) is 6.92 Å². The molecule has 10 heteroatoms. The summed E-state index contributed by atoms with van der Waals surface area (Å²) in [5, 5.41) is 15.5. The minimum absolute atomic E-state index is 0.0760. The number of hydrogen-bond donors (Lipinski definition) is 0. The molecule has 0 amide bonds. The Balaban J connectivity index is 1.77. The molecular weight excluding hydrogens is 314 g/mol. The Morgan fingerprint density at radius 1 is 1.21 bits per heavy atom. The number of aryl methyl sites for hydroxylation is 2. The summed E-state index contributed by atoms with van der Waals surface area (Å²) in [5.41, 5.74) is 0.505. The van der Waals surface area contributed by atoms with Gasteiger partial charge in [0.2, 0.25) is 11.7 Å². The van der Waals surface area contributed by atoms with Gasteiger partial charge < -0.3 is 14.5 Å². The summed E-state index contributed by atoms with van der Waals surface area (Å²) < 4.78 is 6.68. The Labute approximate surface area is 138 Å². The van der Waals surface area contributed by atoms with Gasteiger partial charge in [0.05, 0.1) is 24.4 Å². The molecule has 1 saturated heterocycles. The highest BCUT2D eigenvalue weighted by Crippen LogP contribution is 2.31. The fraction of sp³-hybridized carbons (Fsp3) is 0.500. The molecule has 10 nitrogen and oxygen atoms in total. The lowest BCUT2D eigenvalue weighted by Crippen LogP contribution is -2.47. The van der Waals surface area contributed by atoms with Crippen molar-refractivity contribution in [3.05, 3.63) is 28.2 Å². The van der Waals surface area contributed by atoms with E-state index in [2.05, 4.69) is 20.0 Å². The fourth-order valence-electron chi connectivity index (χ4n) is 2.94. The van der Waals surface area contributed by atoms with E-state index in [0.717, 1.165) is 5.82 Å².